The number of carbonyl (C=O) groups is 2. The van der Waals surface area contributed by atoms with Gasteiger partial charge in [-0.3, -0.25) is 9.78 Å². The summed E-state index contributed by atoms with van der Waals surface area (Å²) in [5.41, 5.74) is 4.27. The van der Waals surface area contributed by atoms with Gasteiger partial charge in [-0.25, -0.2) is 9.78 Å². The fourth-order valence-corrected chi connectivity index (χ4v) is 4.22. The van der Waals surface area contributed by atoms with Crippen LogP contribution >= 0.6 is 11.6 Å². The number of rotatable bonds is 9. The van der Waals surface area contributed by atoms with E-state index >= 15 is 0 Å². The molecule has 8 heteroatoms. The molecule has 3 aromatic rings. The highest BCUT2D eigenvalue weighted by atomic mass is 35.5. The molecular formula is C26H27ClN4O3. The highest BCUT2D eigenvalue weighted by Gasteiger charge is 2.22. The van der Waals surface area contributed by atoms with Gasteiger partial charge < -0.3 is 15.7 Å². The molecule has 1 amide bonds. The van der Waals surface area contributed by atoms with Crippen LogP contribution in [0.1, 0.15) is 45.7 Å². The second-order valence-corrected chi connectivity index (χ2v) is 8.81. The molecule has 0 spiro atoms. The molecule has 3 N–H and O–H groups in total. The maximum atomic E-state index is 12.5. The molecule has 0 saturated heterocycles. The zero-order valence-electron chi connectivity index (χ0n) is 18.8. The van der Waals surface area contributed by atoms with Crippen molar-refractivity contribution in [3.8, 4) is 0 Å². The number of halogens is 1. The molecule has 34 heavy (non-hydrogen) atoms. The lowest BCUT2D eigenvalue weighted by atomic mass is 10.0. The maximum absolute atomic E-state index is 12.5. The second kappa shape index (κ2) is 11.1. The van der Waals surface area contributed by atoms with Crippen molar-refractivity contribution in [2.24, 2.45) is 0 Å². The number of hydrogen-bond donors (Lipinski definition) is 3. The van der Waals surface area contributed by atoms with Crippen LogP contribution < -0.4 is 10.6 Å². The number of aromatic nitrogens is 2. The molecule has 0 bridgehead atoms. The summed E-state index contributed by atoms with van der Waals surface area (Å²) >= 11 is 6.05. The quantitative estimate of drug-likeness (QED) is 0.428. The van der Waals surface area contributed by atoms with E-state index in [1.54, 1.807) is 30.5 Å². The van der Waals surface area contributed by atoms with Crippen LogP contribution in [0.4, 0.5) is 5.82 Å². The number of carboxylic acid groups (broad SMARTS) is 1. The highest BCUT2D eigenvalue weighted by Crippen LogP contribution is 2.20. The first kappa shape index (κ1) is 23.7. The van der Waals surface area contributed by atoms with Gasteiger partial charge in [0.2, 0.25) is 0 Å². The first-order valence-electron chi connectivity index (χ1n) is 11.4. The number of amides is 1. The van der Waals surface area contributed by atoms with Crippen LogP contribution in [0, 0.1) is 0 Å². The first-order chi connectivity index (χ1) is 16.5. The van der Waals surface area contributed by atoms with Crippen molar-refractivity contribution in [3.05, 3.63) is 87.8 Å². The van der Waals surface area contributed by atoms with Gasteiger partial charge in [-0.1, -0.05) is 35.9 Å². The smallest absolute Gasteiger partial charge is 0.326 e. The second-order valence-electron chi connectivity index (χ2n) is 8.40. The number of nitrogens with zero attached hydrogens (tertiary/aromatic N) is 2. The van der Waals surface area contributed by atoms with Crippen molar-refractivity contribution in [3.63, 3.8) is 0 Å². The number of fused-ring (bicyclic) bond motifs is 1. The van der Waals surface area contributed by atoms with Gasteiger partial charge in [0.1, 0.15) is 11.9 Å². The molecule has 0 fully saturated rings. The van der Waals surface area contributed by atoms with Crippen molar-refractivity contribution in [1.82, 2.24) is 15.3 Å². The van der Waals surface area contributed by atoms with E-state index in [4.69, 9.17) is 16.6 Å². The average Bonchev–Trinajstić information content (AvgIpc) is 2.84. The fourth-order valence-electron chi connectivity index (χ4n) is 4.00. The Bertz CT molecular complexity index is 1170. The number of benzene rings is 1. The normalized spacial score (nSPS) is 13.4. The predicted molar refractivity (Wildman–Crippen MR) is 131 cm³/mol. The lowest BCUT2D eigenvalue weighted by molar-refractivity contribution is -0.139. The molecular weight excluding hydrogens is 452 g/mol. The Morgan fingerprint density at radius 1 is 1.09 bits per heavy atom. The summed E-state index contributed by atoms with van der Waals surface area (Å²) in [5.74, 6) is -0.620. The molecule has 176 valence electrons. The van der Waals surface area contributed by atoms with Crippen LogP contribution in [0.25, 0.3) is 0 Å². The standard InChI is InChI=1S/C26H27ClN4O3/c27-22-9-2-1-8-21(22)25(32)31-23(26(33)34)15-17-10-12-19(29-16-17)6-3-7-20-13-11-18-5-4-14-28-24(18)30-20/h1-2,8-13,16,23H,3-7,14-15H2,(H,28,30)(H,31,32)(H,33,34)/t23-/m0/s1. The first-order valence-corrected chi connectivity index (χ1v) is 11.8. The summed E-state index contributed by atoms with van der Waals surface area (Å²) in [6.45, 7) is 0.978. The van der Waals surface area contributed by atoms with Crippen LogP contribution in [-0.4, -0.2) is 39.5 Å². The van der Waals surface area contributed by atoms with Crippen molar-refractivity contribution in [1.29, 1.82) is 0 Å². The number of hydrogen-bond acceptors (Lipinski definition) is 5. The van der Waals surface area contributed by atoms with Gasteiger partial charge in [-0.05, 0) is 67.5 Å². The van der Waals surface area contributed by atoms with Crippen LogP contribution in [-0.2, 0) is 30.5 Å². The maximum Gasteiger partial charge on any atom is 0.326 e. The minimum absolute atomic E-state index is 0.130. The molecule has 0 saturated carbocycles. The molecule has 0 aliphatic carbocycles. The van der Waals surface area contributed by atoms with Crippen molar-refractivity contribution >= 4 is 29.3 Å². The van der Waals surface area contributed by atoms with E-state index in [0.717, 1.165) is 61.4 Å². The number of carboxylic acids is 1. The molecule has 1 atom stereocenters. The third kappa shape index (κ3) is 6.11. The van der Waals surface area contributed by atoms with Gasteiger partial charge in [-0.2, -0.15) is 0 Å². The third-order valence-electron chi connectivity index (χ3n) is 5.87. The van der Waals surface area contributed by atoms with E-state index < -0.39 is 17.9 Å². The largest absolute Gasteiger partial charge is 0.480 e. The molecule has 4 rings (SSSR count). The Hall–Kier alpha value is -3.45. The summed E-state index contributed by atoms with van der Waals surface area (Å²) in [6.07, 6.45) is 6.63. The number of anilines is 1. The predicted octanol–water partition coefficient (Wildman–Crippen LogP) is 4.09. The lowest BCUT2D eigenvalue weighted by Gasteiger charge is -2.17. The zero-order valence-corrected chi connectivity index (χ0v) is 19.5. The average molecular weight is 479 g/mol. The molecule has 0 radical (unpaired) electrons. The monoisotopic (exact) mass is 478 g/mol. The van der Waals surface area contributed by atoms with E-state index in [1.807, 2.05) is 12.1 Å². The van der Waals surface area contributed by atoms with E-state index in [9.17, 15) is 14.7 Å². The molecule has 3 heterocycles. The molecule has 2 aromatic heterocycles. The Labute approximate surface area is 203 Å². The van der Waals surface area contributed by atoms with Crippen LogP contribution in [0.3, 0.4) is 0 Å². The van der Waals surface area contributed by atoms with Crippen LogP contribution in [0.2, 0.25) is 5.02 Å². The summed E-state index contributed by atoms with van der Waals surface area (Å²) < 4.78 is 0. The number of carbonyl (C=O) groups excluding carboxylic acids is 1. The van der Waals surface area contributed by atoms with Crippen molar-refractivity contribution in [2.75, 3.05) is 11.9 Å². The summed E-state index contributed by atoms with van der Waals surface area (Å²) in [6, 6.07) is 13.5. The minimum atomic E-state index is -1.11. The van der Waals surface area contributed by atoms with Gasteiger partial charge in [0, 0.05) is 30.6 Å². The number of aliphatic carboxylic acids is 1. The number of pyridine rings is 2. The third-order valence-corrected chi connectivity index (χ3v) is 6.19. The SMILES string of the molecule is O=C(N[C@@H](Cc1ccc(CCCc2ccc3c(n2)NCCC3)nc1)C(=O)O)c1ccccc1Cl. The highest BCUT2D eigenvalue weighted by molar-refractivity contribution is 6.33. The van der Waals surface area contributed by atoms with E-state index in [0.29, 0.717) is 0 Å². The number of nitrogens with one attached hydrogen (secondary N) is 2. The zero-order chi connectivity index (χ0) is 23.9. The molecule has 7 nitrogen and oxygen atoms in total. The van der Waals surface area contributed by atoms with Crippen LogP contribution in [0.15, 0.2) is 54.7 Å². The van der Waals surface area contributed by atoms with E-state index in [1.165, 1.54) is 5.56 Å². The van der Waals surface area contributed by atoms with Gasteiger partial charge >= 0.3 is 5.97 Å². The van der Waals surface area contributed by atoms with Crippen LogP contribution in [0.5, 0.6) is 0 Å². The van der Waals surface area contributed by atoms with Gasteiger partial charge in [0.05, 0.1) is 10.6 Å². The van der Waals surface area contributed by atoms with E-state index in [2.05, 4.69) is 27.8 Å². The summed E-state index contributed by atoms with van der Waals surface area (Å²) in [7, 11) is 0. The van der Waals surface area contributed by atoms with Crippen molar-refractivity contribution < 1.29 is 14.7 Å². The van der Waals surface area contributed by atoms with Gasteiger partial charge in [0.25, 0.3) is 5.91 Å². The molecule has 1 aliphatic rings. The minimum Gasteiger partial charge on any atom is -0.480 e. The summed E-state index contributed by atoms with van der Waals surface area (Å²) in [4.78, 5) is 33.4. The Balaban J connectivity index is 1.30. The number of aryl methyl sites for hydroxylation is 3. The Kier molecular flexibility index (Phi) is 7.75. The fraction of sp³-hybridized carbons (Fsp3) is 0.308. The van der Waals surface area contributed by atoms with E-state index in [-0.39, 0.29) is 17.0 Å². The lowest BCUT2D eigenvalue weighted by Crippen LogP contribution is -2.42. The molecule has 1 aliphatic heterocycles. The summed E-state index contributed by atoms with van der Waals surface area (Å²) in [5, 5.41) is 15.8. The molecule has 1 aromatic carbocycles. The van der Waals surface area contributed by atoms with Gasteiger partial charge in [-0.15, -0.1) is 0 Å². The Morgan fingerprint density at radius 3 is 2.65 bits per heavy atom. The molecule has 0 unspecified atom stereocenters. The van der Waals surface area contributed by atoms with Gasteiger partial charge in [0.15, 0.2) is 0 Å². The Morgan fingerprint density at radius 2 is 1.88 bits per heavy atom. The topological polar surface area (TPSA) is 104 Å². The van der Waals surface area contributed by atoms with Crippen molar-refractivity contribution in [2.45, 2.75) is 44.6 Å².